The average Bonchev–Trinajstić information content (AvgIpc) is 3.33. The summed E-state index contributed by atoms with van der Waals surface area (Å²) in [6.45, 7) is 2.28. The van der Waals surface area contributed by atoms with Gasteiger partial charge in [0, 0.05) is 18.5 Å². The second-order valence-corrected chi connectivity index (χ2v) is 7.93. The molecule has 2 aliphatic heterocycles. The predicted molar refractivity (Wildman–Crippen MR) is 119 cm³/mol. The Morgan fingerprint density at radius 2 is 1.60 bits per heavy atom. The normalized spacial score (nSPS) is 15.0. The number of benzene rings is 3. The molecule has 148 valence electrons. The quantitative estimate of drug-likeness (QED) is 0.442. The minimum absolute atomic E-state index is 0.289. The third-order valence-corrected chi connectivity index (χ3v) is 6.17. The molecule has 3 aromatic carbocycles. The Labute approximate surface area is 174 Å². The number of hydrogen-bond acceptors (Lipinski definition) is 4. The first-order valence-electron chi connectivity index (χ1n) is 10.5. The number of nitrogens with zero attached hydrogens (tertiary/aromatic N) is 1. The van der Waals surface area contributed by atoms with Crippen molar-refractivity contribution in [3.8, 4) is 28.2 Å². The molecule has 0 amide bonds. The molecule has 0 atom stereocenters. The molecule has 1 fully saturated rings. The van der Waals surface area contributed by atoms with Crippen molar-refractivity contribution in [1.29, 1.82) is 0 Å². The Morgan fingerprint density at radius 1 is 0.833 bits per heavy atom. The molecule has 1 aromatic heterocycles. The van der Waals surface area contributed by atoms with E-state index in [0.29, 0.717) is 17.9 Å². The van der Waals surface area contributed by atoms with E-state index in [1.54, 1.807) is 0 Å². The van der Waals surface area contributed by atoms with Crippen molar-refractivity contribution in [3.05, 3.63) is 82.7 Å². The summed E-state index contributed by atoms with van der Waals surface area (Å²) in [5.74, 6) is 1.44. The van der Waals surface area contributed by atoms with Crippen LogP contribution in [-0.2, 0) is 6.61 Å². The zero-order valence-corrected chi connectivity index (χ0v) is 16.6. The van der Waals surface area contributed by atoms with Gasteiger partial charge in [0.05, 0.1) is 22.4 Å². The lowest BCUT2D eigenvalue weighted by atomic mass is 9.95. The van der Waals surface area contributed by atoms with Crippen molar-refractivity contribution < 1.29 is 9.15 Å². The van der Waals surface area contributed by atoms with Gasteiger partial charge >= 0.3 is 5.63 Å². The zero-order chi connectivity index (χ0) is 20.1. The molecule has 6 rings (SSSR count). The van der Waals surface area contributed by atoms with Gasteiger partial charge in [-0.05, 0) is 29.9 Å². The molecule has 0 aliphatic carbocycles. The van der Waals surface area contributed by atoms with Crippen molar-refractivity contribution >= 4 is 16.5 Å². The van der Waals surface area contributed by atoms with Crippen LogP contribution >= 0.6 is 0 Å². The molecule has 4 nitrogen and oxygen atoms in total. The molecule has 0 bridgehead atoms. The lowest BCUT2D eigenvalue weighted by molar-refractivity contribution is 0.298. The number of ether oxygens (including phenoxy) is 1. The zero-order valence-electron chi connectivity index (χ0n) is 16.6. The predicted octanol–water partition coefficient (Wildman–Crippen LogP) is 5.62. The van der Waals surface area contributed by atoms with Crippen LogP contribution in [0.25, 0.3) is 33.2 Å². The molecule has 0 radical (unpaired) electrons. The smallest absolute Gasteiger partial charge is 0.346 e. The number of rotatable bonds is 2. The van der Waals surface area contributed by atoms with Crippen molar-refractivity contribution in [2.45, 2.75) is 19.4 Å². The van der Waals surface area contributed by atoms with Crippen LogP contribution in [0.2, 0.25) is 0 Å². The Hall–Kier alpha value is -3.53. The lowest BCUT2D eigenvalue weighted by Crippen LogP contribution is -2.25. The van der Waals surface area contributed by atoms with E-state index in [9.17, 15) is 4.79 Å². The average molecular weight is 395 g/mol. The Balaban J connectivity index is 1.65. The minimum Gasteiger partial charge on any atom is -0.487 e. The molecular weight excluding hydrogens is 374 g/mol. The molecule has 1 saturated heterocycles. The van der Waals surface area contributed by atoms with E-state index in [0.717, 1.165) is 64.8 Å². The Morgan fingerprint density at radius 3 is 2.43 bits per heavy atom. The van der Waals surface area contributed by atoms with Gasteiger partial charge in [-0.25, -0.2) is 4.79 Å². The van der Waals surface area contributed by atoms with Gasteiger partial charge in [0.1, 0.15) is 12.4 Å². The molecule has 30 heavy (non-hydrogen) atoms. The van der Waals surface area contributed by atoms with Gasteiger partial charge in [-0.3, -0.25) is 0 Å². The molecule has 0 spiro atoms. The summed E-state index contributed by atoms with van der Waals surface area (Å²) >= 11 is 0. The minimum atomic E-state index is -0.289. The van der Waals surface area contributed by atoms with Gasteiger partial charge in [0.15, 0.2) is 5.76 Å². The van der Waals surface area contributed by atoms with Gasteiger partial charge in [0.2, 0.25) is 0 Å². The highest BCUT2D eigenvalue weighted by molar-refractivity contribution is 5.96. The van der Waals surface area contributed by atoms with Crippen LogP contribution in [0.1, 0.15) is 18.4 Å². The molecule has 2 aliphatic rings. The number of fused-ring (bicyclic) bond motifs is 5. The van der Waals surface area contributed by atoms with Gasteiger partial charge in [-0.2, -0.15) is 0 Å². The molecule has 0 N–H and O–H groups in total. The van der Waals surface area contributed by atoms with Crippen LogP contribution in [0.5, 0.6) is 5.75 Å². The lowest BCUT2D eigenvalue weighted by Gasteiger charge is -2.29. The summed E-state index contributed by atoms with van der Waals surface area (Å²) in [5.41, 5.74) is 4.04. The van der Waals surface area contributed by atoms with Gasteiger partial charge < -0.3 is 14.1 Å². The molecule has 4 aromatic rings. The second kappa shape index (κ2) is 6.77. The maximum Gasteiger partial charge on any atom is 0.346 e. The van der Waals surface area contributed by atoms with Crippen molar-refractivity contribution in [2.75, 3.05) is 18.0 Å². The number of hydrogen-bond donors (Lipinski definition) is 0. The van der Waals surface area contributed by atoms with Gasteiger partial charge in [0.25, 0.3) is 0 Å². The topological polar surface area (TPSA) is 42.7 Å². The monoisotopic (exact) mass is 395 g/mol. The fourth-order valence-electron chi connectivity index (χ4n) is 4.78. The van der Waals surface area contributed by atoms with E-state index in [1.807, 2.05) is 48.5 Å². The largest absolute Gasteiger partial charge is 0.487 e. The van der Waals surface area contributed by atoms with E-state index in [4.69, 9.17) is 9.15 Å². The standard InChI is InChI=1S/C26H21NO3/c28-26-22(18-9-2-1-3-10-18)23(27-14-6-7-15-27)21-16-29-24-19-11-5-4-8-17(19)12-13-20(24)25(21)30-26/h1-5,8-13H,6-7,14-16H2. The number of anilines is 1. The molecule has 0 saturated carbocycles. The van der Waals surface area contributed by atoms with E-state index in [1.165, 1.54) is 0 Å². The van der Waals surface area contributed by atoms with Crippen LogP contribution in [0, 0.1) is 0 Å². The Kier molecular flexibility index (Phi) is 3.91. The molecule has 4 heteroatoms. The summed E-state index contributed by atoms with van der Waals surface area (Å²) in [5, 5.41) is 2.15. The maximum absolute atomic E-state index is 13.3. The van der Waals surface area contributed by atoms with Crippen molar-refractivity contribution in [1.82, 2.24) is 0 Å². The first kappa shape index (κ1) is 17.3. The third-order valence-electron chi connectivity index (χ3n) is 6.17. The molecule has 0 unspecified atom stereocenters. The summed E-state index contributed by atoms with van der Waals surface area (Å²) in [7, 11) is 0. The van der Waals surface area contributed by atoms with Crippen LogP contribution in [0.4, 0.5) is 5.69 Å². The third kappa shape index (κ3) is 2.57. The second-order valence-electron chi connectivity index (χ2n) is 7.93. The molecular formula is C26H21NO3. The first-order valence-corrected chi connectivity index (χ1v) is 10.5. The van der Waals surface area contributed by atoms with Gasteiger partial charge in [-0.15, -0.1) is 0 Å². The van der Waals surface area contributed by atoms with Crippen LogP contribution in [0.15, 0.2) is 75.9 Å². The van der Waals surface area contributed by atoms with Crippen molar-refractivity contribution in [2.24, 2.45) is 0 Å². The highest BCUT2D eigenvalue weighted by Crippen LogP contribution is 2.46. The van der Waals surface area contributed by atoms with E-state index in [-0.39, 0.29) is 5.63 Å². The van der Waals surface area contributed by atoms with Crippen LogP contribution in [-0.4, -0.2) is 13.1 Å². The fraction of sp³-hybridized carbons (Fsp3) is 0.192. The summed E-state index contributed by atoms with van der Waals surface area (Å²) in [4.78, 5) is 15.6. The van der Waals surface area contributed by atoms with E-state index >= 15 is 0 Å². The Bertz CT molecular complexity index is 1320. The van der Waals surface area contributed by atoms with Crippen LogP contribution < -0.4 is 15.3 Å². The van der Waals surface area contributed by atoms with Crippen LogP contribution in [0.3, 0.4) is 0 Å². The molecule has 3 heterocycles. The van der Waals surface area contributed by atoms with Gasteiger partial charge in [-0.1, -0.05) is 60.7 Å². The highest BCUT2D eigenvalue weighted by atomic mass is 16.5. The van der Waals surface area contributed by atoms with E-state index < -0.39 is 0 Å². The van der Waals surface area contributed by atoms with Crippen molar-refractivity contribution in [3.63, 3.8) is 0 Å². The summed E-state index contributed by atoms with van der Waals surface area (Å²) in [6.07, 6.45) is 2.26. The first-order chi connectivity index (χ1) is 14.8. The fourth-order valence-corrected chi connectivity index (χ4v) is 4.78. The SMILES string of the molecule is O=c1oc2c(c(N3CCCC3)c1-c1ccccc1)COc1c-2ccc2ccccc12. The van der Waals surface area contributed by atoms with E-state index in [2.05, 4.69) is 23.1 Å². The maximum atomic E-state index is 13.3. The highest BCUT2D eigenvalue weighted by Gasteiger charge is 2.31. The summed E-state index contributed by atoms with van der Waals surface area (Å²) < 4.78 is 12.3. The summed E-state index contributed by atoms with van der Waals surface area (Å²) in [6, 6.07) is 22.0.